The molecule has 1 saturated heterocycles. The molecule has 0 amide bonds. The van der Waals surface area contributed by atoms with Crippen LogP contribution in [0.5, 0.6) is 0 Å². The van der Waals surface area contributed by atoms with Gasteiger partial charge in [-0.15, -0.1) is 19.0 Å². The highest BCUT2D eigenvalue weighted by Gasteiger charge is 2.21. The number of benzene rings is 1. The number of rotatable bonds is 4. The van der Waals surface area contributed by atoms with Crippen molar-refractivity contribution in [3.63, 3.8) is 0 Å². The van der Waals surface area contributed by atoms with Crippen molar-refractivity contribution in [2.24, 2.45) is 0 Å². The van der Waals surface area contributed by atoms with Gasteiger partial charge in [-0.1, -0.05) is 17.7 Å². The Morgan fingerprint density at radius 3 is 2.63 bits per heavy atom. The second-order valence-corrected chi connectivity index (χ2v) is 4.97. The van der Waals surface area contributed by atoms with E-state index in [1.54, 1.807) is 6.07 Å². The van der Waals surface area contributed by atoms with Crippen LogP contribution in [0.25, 0.3) is 0 Å². The molecule has 0 unspecified atom stereocenters. The van der Waals surface area contributed by atoms with Gasteiger partial charge in [0.1, 0.15) is 5.82 Å². The maximum atomic E-state index is 13.5. The third kappa shape index (κ3) is 4.46. The molecular weight excluding hydrogens is 286 g/mol. The van der Waals surface area contributed by atoms with E-state index in [1.165, 1.54) is 6.07 Å². The van der Waals surface area contributed by atoms with Gasteiger partial charge in [-0.25, -0.2) is 4.39 Å². The van der Waals surface area contributed by atoms with Crippen LogP contribution < -0.4 is 5.32 Å². The molecule has 0 aliphatic carbocycles. The molecule has 1 N–H and O–H groups in total. The first-order chi connectivity index (χ1) is 8.70. The molecule has 5 heteroatoms. The Balaban J connectivity index is 0.00000180. The molecule has 0 aromatic heterocycles. The van der Waals surface area contributed by atoms with Crippen molar-refractivity contribution in [2.45, 2.75) is 12.5 Å². The minimum atomic E-state index is -0.276. The molecule has 106 valence electrons. The maximum Gasteiger partial charge on any atom is 0.125 e. The summed E-state index contributed by atoms with van der Waals surface area (Å²) in [5.41, 5.74) is 0.932. The van der Waals surface area contributed by atoms with Crippen LogP contribution in [-0.4, -0.2) is 31.1 Å². The lowest BCUT2D eigenvalue weighted by molar-refractivity contribution is 0.174. The van der Waals surface area contributed by atoms with Crippen LogP contribution in [0.1, 0.15) is 18.0 Å². The third-order valence-electron chi connectivity index (χ3n) is 3.25. The molecule has 0 saturated carbocycles. The van der Waals surface area contributed by atoms with Crippen molar-refractivity contribution >= 4 is 24.0 Å². The number of nitrogens with zero attached hydrogens (tertiary/aromatic N) is 1. The van der Waals surface area contributed by atoms with Crippen LogP contribution >= 0.6 is 24.0 Å². The Labute approximate surface area is 125 Å². The summed E-state index contributed by atoms with van der Waals surface area (Å²) in [6.45, 7) is 7.66. The molecule has 1 aromatic carbocycles. The zero-order chi connectivity index (χ0) is 13.0. The molecule has 0 spiro atoms. The van der Waals surface area contributed by atoms with Gasteiger partial charge in [0.2, 0.25) is 0 Å². The lowest BCUT2D eigenvalue weighted by atomic mass is 10.0. The zero-order valence-corrected chi connectivity index (χ0v) is 12.3. The van der Waals surface area contributed by atoms with E-state index in [-0.39, 0.29) is 24.3 Å². The molecule has 1 fully saturated rings. The summed E-state index contributed by atoms with van der Waals surface area (Å²) in [5, 5.41) is 3.77. The van der Waals surface area contributed by atoms with Gasteiger partial charge in [0.15, 0.2) is 0 Å². The average molecular weight is 305 g/mol. The second-order valence-electron chi connectivity index (χ2n) is 4.53. The summed E-state index contributed by atoms with van der Waals surface area (Å²) in [5.74, 6) is -0.276. The lowest BCUT2D eigenvalue weighted by Crippen LogP contribution is -2.45. The fraction of sp³-hybridized carbons (Fsp3) is 0.429. The Morgan fingerprint density at radius 2 is 2.05 bits per heavy atom. The van der Waals surface area contributed by atoms with Crippen LogP contribution in [0.15, 0.2) is 30.9 Å². The molecule has 1 aliphatic rings. The topological polar surface area (TPSA) is 15.3 Å². The fourth-order valence-corrected chi connectivity index (χ4v) is 2.65. The maximum absolute atomic E-state index is 13.5. The number of piperazine rings is 1. The lowest BCUT2D eigenvalue weighted by Gasteiger charge is -2.34. The number of hydrogen-bond acceptors (Lipinski definition) is 2. The third-order valence-corrected chi connectivity index (χ3v) is 3.47. The SMILES string of the molecule is C=CC[C@H](c1cc(F)cc(Cl)c1)N1CCNCC1.Cl. The molecule has 19 heavy (non-hydrogen) atoms. The summed E-state index contributed by atoms with van der Waals surface area (Å²) in [6, 6.07) is 4.93. The van der Waals surface area contributed by atoms with Gasteiger partial charge in [-0.2, -0.15) is 0 Å². The van der Waals surface area contributed by atoms with Crippen molar-refractivity contribution in [3.8, 4) is 0 Å². The van der Waals surface area contributed by atoms with Gasteiger partial charge in [0.25, 0.3) is 0 Å². The molecule has 0 radical (unpaired) electrons. The quantitative estimate of drug-likeness (QED) is 0.858. The van der Waals surface area contributed by atoms with Gasteiger partial charge in [0.05, 0.1) is 0 Å². The van der Waals surface area contributed by atoms with Gasteiger partial charge >= 0.3 is 0 Å². The number of nitrogens with one attached hydrogen (secondary N) is 1. The smallest absolute Gasteiger partial charge is 0.125 e. The van der Waals surface area contributed by atoms with E-state index < -0.39 is 0 Å². The zero-order valence-electron chi connectivity index (χ0n) is 10.7. The summed E-state index contributed by atoms with van der Waals surface area (Å²) in [4.78, 5) is 2.35. The van der Waals surface area contributed by atoms with E-state index in [4.69, 9.17) is 11.6 Å². The fourth-order valence-electron chi connectivity index (χ4n) is 2.42. The highest BCUT2D eigenvalue weighted by molar-refractivity contribution is 6.30. The molecule has 2 rings (SSSR count). The van der Waals surface area contributed by atoms with Crippen molar-refractivity contribution in [1.82, 2.24) is 10.2 Å². The molecule has 2 nitrogen and oxygen atoms in total. The summed E-state index contributed by atoms with van der Waals surface area (Å²) in [7, 11) is 0. The Morgan fingerprint density at radius 1 is 1.37 bits per heavy atom. The van der Waals surface area contributed by atoms with Gasteiger partial charge in [0, 0.05) is 37.2 Å². The van der Waals surface area contributed by atoms with Crippen LogP contribution in [0, 0.1) is 5.82 Å². The van der Waals surface area contributed by atoms with Crippen LogP contribution in [-0.2, 0) is 0 Å². The van der Waals surface area contributed by atoms with Crippen LogP contribution in [0.2, 0.25) is 5.02 Å². The molecular formula is C14H19Cl2FN2. The van der Waals surface area contributed by atoms with Gasteiger partial charge < -0.3 is 5.32 Å². The summed E-state index contributed by atoms with van der Waals surface area (Å²) >= 11 is 5.94. The first-order valence-corrected chi connectivity index (χ1v) is 6.60. The molecule has 1 aliphatic heterocycles. The first kappa shape index (κ1) is 16.4. The van der Waals surface area contributed by atoms with E-state index in [9.17, 15) is 4.39 Å². The first-order valence-electron chi connectivity index (χ1n) is 6.22. The van der Waals surface area contributed by atoms with E-state index in [1.807, 2.05) is 12.1 Å². The average Bonchev–Trinajstić information content (AvgIpc) is 2.36. The predicted molar refractivity (Wildman–Crippen MR) is 80.7 cm³/mol. The predicted octanol–water partition coefficient (Wildman–Crippen LogP) is 3.42. The minimum absolute atomic E-state index is 0. The highest BCUT2D eigenvalue weighted by Crippen LogP contribution is 2.28. The van der Waals surface area contributed by atoms with Gasteiger partial charge in [-0.3, -0.25) is 4.90 Å². The van der Waals surface area contributed by atoms with Crippen molar-refractivity contribution in [1.29, 1.82) is 0 Å². The molecule has 0 bridgehead atoms. The Hall–Kier alpha value is -0.610. The van der Waals surface area contributed by atoms with Crippen LogP contribution in [0.4, 0.5) is 4.39 Å². The van der Waals surface area contributed by atoms with Crippen molar-refractivity contribution < 1.29 is 4.39 Å². The largest absolute Gasteiger partial charge is 0.314 e. The molecule has 1 atom stereocenters. The van der Waals surface area contributed by atoms with Crippen molar-refractivity contribution in [3.05, 3.63) is 47.3 Å². The van der Waals surface area contributed by atoms with E-state index in [2.05, 4.69) is 16.8 Å². The second kappa shape index (κ2) is 7.85. The van der Waals surface area contributed by atoms with Crippen molar-refractivity contribution in [2.75, 3.05) is 26.2 Å². The standard InChI is InChI=1S/C14H18ClFN2.ClH/c1-2-3-14(18-6-4-17-5-7-18)11-8-12(15)10-13(16)9-11;/h2,8-10,14,17H,1,3-7H2;1H/t14-;/m1./s1. The minimum Gasteiger partial charge on any atom is -0.314 e. The molecule has 1 heterocycles. The van der Waals surface area contributed by atoms with Crippen LogP contribution in [0.3, 0.4) is 0 Å². The van der Waals surface area contributed by atoms with E-state index in [0.717, 1.165) is 38.2 Å². The molecule has 1 aromatic rings. The van der Waals surface area contributed by atoms with Gasteiger partial charge in [-0.05, 0) is 30.2 Å². The number of halogens is 3. The summed E-state index contributed by atoms with van der Waals surface area (Å²) < 4.78 is 13.5. The number of hydrogen-bond donors (Lipinski definition) is 1. The highest BCUT2D eigenvalue weighted by atomic mass is 35.5. The summed E-state index contributed by atoms with van der Waals surface area (Å²) in [6.07, 6.45) is 2.69. The monoisotopic (exact) mass is 304 g/mol. The Kier molecular flexibility index (Phi) is 6.80. The van der Waals surface area contributed by atoms with E-state index >= 15 is 0 Å². The normalized spacial score (nSPS) is 17.6. The Bertz CT molecular complexity index is 400. The van der Waals surface area contributed by atoms with E-state index in [0.29, 0.717) is 5.02 Å².